The van der Waals surface area contributed by atoms with Gasteiger partial charge in [0.2, 0.25) is 0 Å². The van der Waals surface area contributed by atoms with Gasteiger partial charge in [-0.25, -0.2) is 4.98 Å². The molecule has 0 unspecified atom stereocenters. The van der Waals surface area contributed by atoms with Crippen molar-refractivity contribution in [2.45, 2.75) is 51.0 Å². The zero-order valence-corrected chi connectivity index (χ0v) is 11.0. The van der Waals surface area contributed by atoms with Crippen LogP contribution in [-0.4, -0.2) is 34.0 Å². The van der Waals surface area contributed by atoms with E-state index in [2.05, 4.69) is 14.9 Å². The van der Waals surface area contributed by atoms with Crippen molar-refractivity contribution in [3.63, 3.8) is 0 Å². The van der Waals surface area contributed by atoms with Crippen LogP contribution in [-0.2, 0) is 0 Å². The molecule has 2 heterocycles. The lowest BCUT2D eigenvalue weighted by Crippen LogP contribution is -2.46. The van der Waals surface area contributed by atoms with Crippen molar-refractivity contribution in [3.8, 4) is 0 Å². The Bertz CT molecular complexity index is 470. The third-order valence-corrected chi connectivity index (χ3v) is 4.38. The van der Waals surface area contributed by atoms with Crippen molar-refractivity contribution in [1.82, 2.24) is 14.9 Å². The van der Waals surface area contributed by atoms with Crippen LogP contribution in [0.5, 0.6) is 0 Å². The topological polar surface area (TPSA) is 49.0 Å². The standard InChI is InChI=1S/C14H21N3O/c1-10-9-13(18)16-14(15-10)11-3-5-12(6-4-11)17-7-2-8-17/h9,11-12H,2-8H2,1H3,(H,15,16,18). The van der Waals surface area contributed by atoms with Gasteiger partial charge in [0.1, 0.15) is 5.82 Å². The van der Waals surface area contributed by atoms with Gasteiger partial charge in [0.15, 0.2) is 0 Å². The SMILES string of the molecule is Cc1cc(=O)[nH]c(C2CCC(N3CCC3)CC2)n1. The van der Waals surface area contributed by atoms with E-state index in [1.165, 1.54) is 32.4 Å². The van der Waals surface area contributed by atoms with E-state index in [9.17, 15) is 4.79 Å². The molecule has 0 radical (unpaired) electrons. The van der Waals surface area contributed by atoms with Crippen LogP contribution >= 0.6 is 0 Å². The first-order chi connectivity index (χ1) is 8.72. The van der Waals surface area contributed by atoms with Crippen LogP contribution in [0.25, 0.3) is 0 Å². The van der Waals surface area contributed by atoms with E-state index >= 15 is 0 Å². The van der Waals surface area contributed by atoms with E-state index in [1.807, 2.05) is 6.92 Å². The van der Waals surface area contributed by atoms with Gasteiger partial charge < -0.3 is 9.88 Å². The molecular formula is C14H21N3O. The molecule has 2 fully saturated rings. The Morgan fingerprint density at radius 1 is 1.28 bits per heavy atom. The molecule has 1 aliphatic heterocycles. The molecule has 1 aromatic rings. The molecule has 1 N–H and O–H groups in total. The van der Waals surface area contributed by atoms with Gasteiger partial charge >= 0.3 is 0 Å². The van der Waals surface area contributed by atoms with Crippen LogP contribution in [0, 0.1) is 6.92 Å². The normalized spacial score (nSPS) is 28.9. The Kier molecular flexibility index (Phi) is 3.20. The van der Waals surface area contributed by atoms with Gasteiger partial charge in [-0.1, -0.05) is 0 Å². The van der Waals surface area contributed by atoms with Crippen molar-refractivity contribution in [3.05, 3.63) is 27.9 Å². The van der Waals surface area contributed by atoms with Crippen molar-refractivity contribution in [2.24, 2.45) is 0 Å². The fourth-order valence-electron chi connectivity index (χ4n) is 3.22. The zero-order chi connectivity index (χ0) is 12.5. The second-order valence-corrected chi connectivity index (χ2v) is 5.67. The summed E-state index contributed by atoms with van der Waals surface area (Å²) >= 11 is 0. The first kappa shape index (κ1) is 11.9. The quantitative estimate of drug-likeness (QED) is 0.867. The number of hydrogen-bond donors (Lipinski definition) is 1. The average molecular weight is 247 g/mol. The van der Waals surface area contributed by atoms with E-state index in [0.29, 0.717) is 5.92 Å². The highest BCUT2D eigenvalue weighted by molar-refractivity contribution is 5.05. The number of likely N-dealkylation sites (tertiary alicyclic amines) is 1. The van der Waals surface area contributed by atoms with E-state index < -0.39 is 0 Å². The Morgan fingerprint density at radius 3 is 2.56 bits per heavy atom. The largest absolute Gasteiger partial charge is 0.310 e. The Morgan fingerprint density at radius 2 is 2.00 bits per heavy atom. The second-order valence-electron chi connectivity index (χ2n) is 5.67. The van der Waals surface area contributed by atoms with Crippen molar-refractivity contribution in [1.29, 1.82) is 0 Å². The summed E-state index contributed by atoms with van der Waals surface area (Å²) in [4.78, 5) is 21.5. The van der Waals surface area contributed by atoms with E-state index in [1.54, 1.807) is 6.07 Å². The summed E-state index contributed by atoms with van der Waals surface area (Å²) in [6.45, 7) is 4.47. The maximum atomic E-state index is 11.5. The lowest BCUT2D eigenvalue weighted by atomic mass is 9.84. The van der Waals surface area contributed by atoms with Crippen LogP contribution in [0.15, 0.2) is 10.9 Å². The molecule has 0 bridgehead atoms. The molecule has 2 aliphatic rings. The number of aryl methyl sites for hydroxylation is 1. The molecule has 4 heteroatoms. The molecule has 98 valence electrons. The van der Waals surface area contributed by atoms with Crippen molar-refractivity contribution < 1.29 is 0 Å². The van der Waals surface area contributed by atoms with Gasteiger partial charge in [-0.3, -0.25) is 4.79 Å². The molecule has 0 aromatic carbocycles. The fraction of sp³-hybridized carbons (Fsp3) is 0.714. The highest BCUT2D eigenvalue weighted by atomic mass is 16.1. The lowest BCUT2D eigenvalue weighted by molar-refractivity contribution is 0.0862. The monoisotopic (exact) mass is 247 g/mol. The Labute approximate surface area is 107 Å². The van der Waals surface area contributed by atoms with E-state index in [-0.39, 0.29) is 5.56 Å². The van der Waals surface area contributed by atoms with Gasteiger partial charge in [0.25, 0.3) is 5.56 Å². The van der Waals surface area contributed by atoms with Crippen molar-refractivity contribution >= 4 is 0 Å². The summed E-state index contributed by atoms with van der Waals surface area (Å²) in [5.74, 6) is 1.36. The molecule has 3 rings (SSSR count). The Balaban J connectivity index is 1.66. The smallest absolute Gasteiger partial charge is 0.251 e. The predicted molar refractivity (Wildman–Crippen MR) is 70.8 cm³/mol. The maximum absolute atomic E-state index is 11.5. The highest BCUT2D eigenvalue weighted by Gasteiger charge is 2.30. The molecule has 1 aromatic heterocycles. The number of rotatable bonds is 2. The van der Waals surface area contributed by atoms with Gasteiger partial charge in [-0.05, 0) is 52.1 Å². The number of hydrogen-bond acceptors (Lipinski definition) is 3. The molecule has 1 saturated carbocycles. The van der Waals surface area contributed by atoms with E-state index in [0.717, 1.165) is 30.4 Å². The molecular weight excluding hydrogens is 226 g/mol. The van der Waals surface area contributed by atoms with E-state index in [4.69, 9.17) is 0 Å². The number of H-pyrrole nitrogens is 1. The molecule has 1 aliphatic carbocycles. The minimum Gasteiger partial charge on any atom is -0.310 e. The summed E-state index contributed by atoms with van der Waals surface area (Å²) < 4.78 is 0. The third-order valence-electron chi connectivity index (χ3n) is 4.38. The van der Waals surface area contributed by atoms with Gasteiger partial charge in [0, 0.05) is 23.7 Å². The Hall–Kier alpha value is -1.16. The first-order valence-corrected chi connectivity index (χ1v) is 7.04. The lowest BCUT2D eigenvalue weighted by Gasteiger charge is -2.41. The van der Waals surface area contributed by atoms with Crippen LogP contribution in [0.2, 0.25) is 0 Å². The summed E-state index contributed by atoms with van der Waals surface area (Å²) in [5.41, 5.74) is 0.820. The molecule has 0 spiro atoms. The number of aromatic amines is 1. The molecule has 1 saturated heterocycles. The minimum absolute atomic E-state index is 0.0117. The number of nitrogens with one attached hydrogen (secondary N) is 1. The van der Waals surface area contributed by atoms with Gasteiger partial charge in [-0.2, -0.15) is 0 Å². The summed E-state index contributed by atoms with van der Waals surface area (Å²) in [6.07, 6.45) is 6.19. The summed E-state index contributed by atoms with van der Waals surface area (Å²) in [7, 11) is 0. The molecule has 18 heavy (non-hydrogen) atoms. The second kappa shape index (κ2) is 4.84. The number of nitrogens with zero attached hydrogens (tertiary/aromatic N) is 2. The summed E-state index contributed by atoms with van der Waals surface area (Å²) in [6, 6.07) is 2.35. The van der Waals surface area contributed by atoms with Crippen LogP contribution in [0.1, 0.15) is 49.5 Å². The maximum Gasteiger partial charge on any atom is 0.251 e. The first-order valence-electron chi connectivity index (χ1n) is 7.04. The van der Waals surface area contributed by atoms with Crippen LogP contribution < -0.4 is 5.56 Å². The minimum atomic E-state index is -0.0117. The summed E-state index contributed by atoms with van der Waals surface area (Å²) in [5, 5.41) is 0. The van der Waals surface area contributed by atoms with Crippen LogP contribution in [0.4, 0.5) is 0 Å². The van der Waals surface area contributed by atoms with Crippen LogP contribution in [0.3, 0.4) is 0 Å². The van der Waals surface area contributed by atoms with Crippen molar-refractivity contribution in [2.75, 3.05) is 13.1 Å². The highest BCUT2D eigenvalue weighted by Crippen LogP contribution is 2.34. The third kappa shape index (κ3) is 2.34. The molecule has 0 amide bonds. The fourth-order valence-corrected chi connectivity index (χ4v) is 3.22. The van der Waals surface area contributed by atoms with Gasteiger partial charge in [-0.15, -0.1) is 0 Å². The number of aromatic nitrogens is 2. The van der Waals surface area contributed by atoms with Gasteiger partial charge in [0.05, 0.1) is 0 Å². The average Bonchev–Trinajstić information content (AvgIpc) is 2.26. The molecule has 0 atom stereocenters. The zero-order valence-electron chi connectivity index (χ0n) is 11.0. The predicted octanol–water partition coefficient (Wildman–Crippen LogP) is 1.81. The molecule has 4 nitrogen and oxygen atoms in total.